The monoisotopic (exact) mass is 1010 g/mol. The first kappa shape index (κ1) is 28.9. The van der Waals surface area contributed by atoms with Gasteiger partial charge in [-0.1, -0.05) is 162 Å². The molecule has 0 atom stereocenters. The second-order valence-electron chi connectivity index (χ2n) is 17.2. The smallest absolute Gasteiger partial charge is 0.268 e. The number of nitrogens with zero attached hydrogens (tertiary/aromatic N) is 4. The van der Waals surface area contributed by atoms with E-state index in [0.717, 1.165) is 38.6 Å². The van der Waals surface area contributed by atoms with Gasteiger partial charge in [0.05, 0.1) is 30.4 Å². The number of ether oxygens (including phenoxy) is 1. The molecule has 0 aliphatic heterocycles. The number of para-hydroxylation sites is 3. The fourth-order valence-corrected chi connectivity index (χ4v) is 8.03. The van der Waals surface area contributed by atoms with Gasteiger partial charge in [-0.15, -0.1) is 29.7 Å². The third kappa shape index (κ3) is 7.70. The van der Waals surface area contributed by atoms with E-state index in [4.69, 9.17) is 22.6 Å². The Labute approximate surface area is 402 Å². The average Bonchev–Trinajstić information content (AvgIpc) is 3.91. The molecule has 63 heavy (non-hydrogen) atoms. The molecule has 3 heterocycles. The molecule has 0 spiro atoms. The van der Waals surface area contributed by atoms with Crippen LogP contribution in [0.2, 0.25) is 0 Å². The Bertz CT molecular complexity index is 3930. The quantitative estimate of drug-likeness (QED) is 0.118. The largest absolute Gasteiger partial charge is 0.510 e. The second kappa shape index (κ2) is 16.3. The normalized spacial score (nSPS) is 15.0. The molecule has 0 bridgehead atoms. The molecule has 10 aromatic rings. The molecule has 0 amide bonds. The number of rotatable bonds is 7. The molecule has 7 aromatic carbocycles. The van der Waals surface area contributed by atoms with E-state index in [2.05, 4.69) is 65.0 Å². The molecule has 0 unspecified atom stereocenters. The molecule has 5 nitrogen and oxygen atoms in total. The molecule has 0 radical (unpaired) electrons. The van der Waals surface area contributed by atoms with E-state index < -0.39 is 66.0 Å². The Balaban J connectivity index is 0.00000706. The fourth-order valence-electron chi connectivity index (χ4n) is 8.03. The van der Waals surface area contributed by atoms with Crippen LogP contribution >= 0.6 is 0 Å². The van der Waals surface area contributed by atoms with Gasteiger partial charge in [-0.25, -0.2) is 4.98 Å². The third-order valence-electron chi connectivity index (χ3n) is 11.0. The first-order chi connectivity index (χ1) is 35.3. The van der Waals surface area contributed by atoms with Gasteiger partial charge in [0.2, 0.25) is 0 Å². The molecule has 0 aliphatic carbocycles. The van der Waals surface area contributed by atoms with Crippen LogP contribution in [0.15, 0.2) is 164 Å². The van der Waals surface area contributed by atoms with Crippen molar-refractivity contribution in [2.75, 3.05) is 0 Å². The zero-order valence-corrected chi connectivity index (χ0v) is 37.6. The van der Waals surface area contributed by atoms with Crippen LogP contribution in [-0.2, 0) is 31.9 Å². The van der Waals surface area contributed by atoms with Crippen molar-refractivity contribution in [3.8, 4) is 50.9 Å². The van der Waals surface area contributed by atoms with E-state index in [0.29, 0.717) is 33.8 Å². The van der Waals surface area contributed by atoms with Crippen molar-refractivity contribution in [1.82, 2.24) is 14.1 Å². The minimum Gasteiger partial charge on any atom is -0.510 e. The summed E-state index contributed by atoms with van der Waals surface area (Å²) < 4.78 is 123. The van der Waals surface area contributed by atoms with Crippen molar-refractivity contribution in [3.63, 3.8) is 0 Å². The van der Waals surface area contributed by atoms with Crippen molar-refractivity contribution < 1.29 is 48.2 Å². The van der Waals surface area contributed by atoms with Crippen LogP contribution < -0.4 is 9.30 Å². The minimum atomic E-state index is -2.78. The first-order valence-corrected chi connectivity index (χ1v) is 20.2. The zero-order chi connectivity index (χ0) is 54.0. The maximum absolute atomic E-state index is 8.88. The standard InChI is InChI=1S/C57H48N4O.Pt/c1-38-31-54(58-36-47(38)40-21-12-9-13-22-40)61-50-26-15-14-25-45(50)46-30-29-44(35-53(46)61)62-43-24-18-23-42(34-43)59-37-60(52-28-17-16-27-51(52)59)55-48(56(2,3)4)32-41(33-49(55)57(5,6)7)39-19-10-8-11-20-39;/h8-33,36H,1-7H3;/q-2;/i1D3,8D,9D,10D,11D,12D,13D,19D,20D,21D,22D;. The van der Waals surface area contributed by atoms with Gasteiger partial charge < -0.3 is 13.9 Å². The molecule has 0 N–H and O–H groups in total. The summed E-state index contributed by atoms with van der Waals surface area (Å²) in [6.07, 6.45) is 4.88. The number of fused-ring (bicyclic) bond motifs is 4. The van der Waals surface area contributed by atoms with Crippen molar-refractivity contribution in [3.05, 3.63) is 199 Å². The average molecular weight is 1010 g/mol. The van der Waals surface area contributed by atoms with Crippen LogP contribution in [0, 0.1) is 25.3 Å². The van der Waals surface area contributed by atoms with E-state index in [1.807, 2.05) is 88.0 Å². The summed E-state index contributed by atoms with van der Waals surface area (Å²) in [7, 11) is 0. The van der Waals surface area contributed by atoms with Gasteiger partial charge >= 0.3 is 0 Å². The number of aromatic nitrogens is 4. The Hall–Kier alpha value is -6.55. The third-order valence-corrected chi connectivity index (χ3v) is 11.0. The number of hydrogen-bond acceptors (Lipinski definition) is 2. The summed E-state index contributed by atoms with van der Waals surface area (Å²) in [4.78, 5) is 4.68. The van der Waals surface area contributed by atoms with E-state index in [-0.39, 0.29) is 61.2 Å². The maximum atomic E-state index is 8.88. The Kier molecular flexibility index (Phi) is 7.48. The van der Waals surface area contributed by atoms with Crippen LogP contribution in [0.3, 0.4) is 0 Å². The maximum Gasteiger partial charge on any atom is 0.268 e. The van der Waals surface area contributed by atoms with Crippen molar-refractivity contribution in [2.45, 2.75) is 59.2 Å². The minimum absolute atomic E-state index is 0. The van der Waals surface area contributed by atoms with E-state index >= 15 is 0 Å². The molecule has 0 saturated carbocycles. The van der Waals surface area contributed by atoms with Gasteiger partial charge in [-0.3, -0.25) is 4.57 Å². The Morgan fingerprint density at radius 1 is 0.651 bits per heavy atom. The molecule has 10 rings (SSSR count). The first-order valence-electron chi connectivity index (χ1n) is 26.7. The van der Waals surface area contributed by atoms with Crippen LogP contribution in [0.1, 0.15) is 76.1 Å². The molecular weight excluding hydrogens is 952 g/mol. The molecule has 0 fully saturated rings. The summed E-state index contributed by atoms with van der Waals surface area (Å²) >= 11 is 0. The molecule has 314 valence electrons. The summed E-state index contributed by atoms with van der Waals surface area (Å²) in [5, 5.41) is 1.60. The summed E-state index contributed by atoms with van der Waals surface area (Å²) in [5.41, 5.74) is 5.05. The predicted molar refractivity (Wildman–Crippen MR) is 253 cm³/mol. The van der Waals surface area contributed by atoms with Gasteiger partial charge in [-0.05, 0) is 74.3 Å². The number of aryl methyl sites for hydroxylation is 1. The van der Waals surface area contributed by atoms with Crippen LogP contribution in [0.25, 0.3) is 72.3 Å². The predicted octanol–water partition coefficient (Wildman–Crippen LogP) is 13.8. The summed E-state index contributed by atoms with van der Waals surface area (Å²) in [6, 6.07) is 32.0. The van der Waals surface area contributed by atoms with Gasteiger partial charge in [0.15, 0.2) is 0 Å². The second-order valence-corrected chi connectivity index (χ2v) is 17.2. The van der Waals surface area contributed by atoms with Crippen molar-refractivity contribution in [1.29, 1.82) is 0 Å². The molecule has 3 aromatic heterocycles. The van der Waals surface area contributed by atoms with Gasteiger partial charge in [0.1, 0.15) is 5.82 Å². The molecule has 6 heteroatoms. The van der Waals surface area contributed by atoms with E-state index in [9.17, 15) is 0 Å². The van der Waals surface area contributed by atoms with Crippen LogP contribution in [0.4, 0.5) is 0 Å². The van der Waals surface area contributed by atoms with Gasteiger partial charge in [-0.2, -0.15) is 18.2 Å². The van der Waals surface area contributed by atoms with Gasteiger partial charge in [0, 0.05) is 54.0 Å². The van der Waals surface area contributed by atoms with Gasteiger partial charge in [0.25, 0.3) is 6.33 Å². The topological polar surface area (TPSA) is 35.9 Å². The molecular formula is C57H48N4OPt-2. The number of imidazole rings is 1. The zero-order valence-electron chi connectivity index (χ0n) is 48.3. The van der Waals surface area contributed by atoms with Crippen LogP contribution in [-0.4, -0.2) is 14.1 Å². The van der Waals surface area contributed by atoms with Crippen LogP contribution in [0.5, 0.6) is 11.5 Å². The molecule has 0 aliphatic rings. The Morgan fingerprint density at radius 2 is 1.30 bits per heavy atom. The number of pyridine rings is 1. The van der Waals surface area contributed by atoms with Crippen molar-refractivity contribution in [2.24, 2.45) is 0 Å². The summed E-state index contributed by atoms with van der Waals surface area (Å²) in [6.45, 7) is 9.73. The van der Waals surface area contributed by atoms with E-state index in [1.165, 1.54) is 12.3 Å². The fraction of sp³-hybridized carbons (Fsp3) is 0.158. The molecule has 0 saturated heterocycles. The summed E-state index contributed by atoms with van der Waals surface area (Å²) in [5.74, 6) is 0.858. The number of benzene rings is 7. The Morgan fingerprint density at radius 3 is 2.00 bits per heavy atom. The van der Waals surface area contributed by atoms with Crippen molar-refractivity contribution >= 4 is 32.8 Å². The SMILES string of the molecule is [2H]c1c([2H])c([2H])c(-c2cc(C(C)(C)C)c(-[n+]3[c-]n(-c4[c-]c(Oc5[c-]c6c(cc5)c5ccccc5n6-c5cc(C([2H])([2H])[2H])c(-c6c([2H])c([2H])c([2H])c([2H])c6[2H])cn5)ccc4)c4ccccc43)c(C(C)(C)C)c2)c([2H])c1[2H].[Pt]. The van der Waals surface area contributed by atoms with E-state index in [1.54, 1.807) is 16.7 Å². The number of hydrogen-bond donors (Lipinski definition) is 0.